The molecular weight excluding hydrogens is 266 g/mol. The molecule has 2 aromatic rings. The Kier molecular flexibility index (Phi) is 3.18. The predicted molar refractivity (Wildman–Crippen MR) is 66.4 cm³/mol. The van der Waals surface area contributed by atoms with Gasteiger partial charge in [0.05, 0.1) is 17.4 Å². The molecular formula is C12H8BrN3. The van der Waals surface area contributed by atoms with Crippen LogP contribution in [-0.2, 0) is 0 Å². The maximum atomic E-state index is 8.92. The smallest absolute Gasteiger partial charge is 0.101 e. The van der Waals surface area contributed by atoms with Crippen LogP contribution in [0.5, 0.6) is 0 Å². The molecule has 0 aliphatic heterocycles. The largest absolute Gasteiger partial charge is 0.353 e. The van der Waals surface area contributed by atoms with Crippen molar-refractivity contribution in [3.8, 4) is 6.07 Å². The zero-order valence-corrected chi connectivity index (χ0v) is 9.90. The average Bonchev–Trinajstić information content (AvgIpc) is 2.33. The van der Waals surface area contributed by atoms with Gasteiger partial charge in [0.1, 0.15) is 6.07 Å². The van der Waals surface area contributed by atoms with E-state index in [2.05, 4.69) is 32.3 Å². The van der Waals surface area contributed by atoms with Gasteiger partial charge >= 0.3 is 0 Å². The topological polar surface area (TPSA) is 48.7 Å². The number of halogens is 1. The Morgan fingerprint density at radius 1 is 1.19 bits per heavy atom. The third-order valence-electron chi connectivity index (χ3n) is 2.06. The van der Waals surface area contributed by atoms with E-state index >= 15 is 0 Å². The molecule has 0 bridgehead atoms. The van der Waals surface area contributed by atoms with E-state index in [9.17, 15) is 0 Å². The second-order valence-electron chi connectivity index (χ2n) is 3.16. The van der Waals surface area contributed by atoms with E-state index in [-0.39, 0.29) is 0 Å². The van der Waals surface area contributed by atoms with Crippen LogP contribution in [0, 0.1) is 11.3 Å². The van der Waals surface area contributed by atoms with Crippen molar-refractivity contribution in [3.63, 3.8) is 0 Å². The summed E-state index contributed by atoms with van der Waals surface area (Å²) in [6, 6.07) is 11.5. The lowest BCUT2D eigenvalue weighted by molar-refractivity contribution is 1.30. The molecule has 0 atom stereocenters. The molecule has 78 valence electrons. The van der Waals surface area contributed by atoms with Crippen LogP contribution in [-0.4, -0.2) is 4.98 Å². The molecule has 4 heteroatoms. The highest BCUT2D eigenvalue weighted by Crippen LogP contribution is 2.20. The molecule has 0 radical (unpaired) electrons. The number of anilines is 2. The standard InChI is InChI=1S/C12H8BrN3/c13-10-1-3-11(4-2-10)16-12-8-15-6-5-9(12)7-14/h1-6,8,16H. The number of nitrogens with zero attached hydrogens (tertiary/aromatic N) is 2. The lowest BCUT2D eigenvalue weighted by Crippen LogP contribution is -1.93. The third-order valence-corrected chi connectivity index (χ3v) is 2.59. The summed E-state index contributed by atoms with van der Waals surface area (Å²) in [5.74, 6) is 0. The molecule has 0 fully saturated rings. The van der Waals surface area contributed by atoms with E-state index in [4.69, 9.17) is 5.26 Å². The third kappa shape index (κ3) is 2.38. The van der Waals surface area contributed by atoms with Crippen molar-refractivity contribution in [2.24, 2.45) is 0 Å². The van der Waals surface area contributed by atoms with E-state index in [1.165, 1.54) is 0 Å². The molecule has 3 nitrogen and oxygen atoms in total. The Bertz CT molecular complexity index is 529. The summed E-state index contributed by atoms with van der Waals surface area (Å²) in [4.78, 5) is 3.98. The highest BCUT2D eigenvalue weighted by atomic mass is 79.9. The SMILES string of the molecule is N#Cc1ccncc1Nc1ccc(Br)cc1. The molecule has 2 rings (SSSR count). The lowest BCUT2D eigenvalue weighted by Gasteiger charge is -2.07. The minimum atomic E-state index is 0.581. The first-order chi connectivity index (χ1) is 7.79. The summed E-state index contributed by atoms with van der Waals surface area (Å²) >= 11 is 3.37. The van der Waals surface area contributed by atoms with Crippen LogP contribution >= 0.6 is 15.9 Å². The number of hydrogen-bond donors (Lipinski definition) is 1. The Labute approximate surface area is 102 Å². The van der Waals surface area contributed by atoms with Gasteiger partial charge in [-0.3, -0.25) is 4.98 Å². The van der Waals surface area contributed by atoms with E-state index in [1.54, 1.807) is 18.5 Å². The lowest BCUT2D eigenvalue weighted by atomic mass is 10.2. The minimum absolute atomic E-state index is 0.581. The van der Waals surface area contributed by atoms with Crippen molar-refractivity contribution in [2.45, 2.75) is 0 Å². The summed E-state index contributed by atoms with van der Waals surface area (Å²) in [6.07, 6.45) is 3.24. The van der Waals surface area contributed by atoms with Gasteiger partial charge in [-0.1, -0.05) is 15.9 Å². The number of hydrogen-bond acceptors (Lipinski definition) is 3. The van der Waals surface area contributed by atoms with Gasteiger partial charge in [-0.25, -0.2) is 0 Å². The fraction of sp³-hybridized carbons (Fsp3) is 0. The molecule has 16 heavy (non-hydrogen) atoms. The number of aromatic nitrogens is 1. The summed E-state index contributed by atoms with van der Waals surface area (Å²) < 4.78 is 1.02. The van der Waals surface area contributed by atoms with Crippen molar-refractivity contribution in [1.82, 2.24) is 4.98 Å². The molecule has 0 saturated heterocycles. The molecule has 1 heterocycles. The van der Waals surface area contributed by atoms with Gasteiger partial charge < -0.3 is 5.32 Å². The molecule has 0 unspecified atom stereocenters. The molecule has 0 spiro atoms. The second-order valence-corrected chi connectivity index (χ2v) is 4.08. The van der Waals surface area contributed by atoms with Crippen LogP contribution in [0.25, 0.3) is 0 Å². The zero-order valence-electron chi connectivity index (χ0n) is 8.31. The Morgan fingerprint density at radius 2 is 1.94 bits per heavy atom. The summed E-state index contributed by atoms with van der Waals surface area (Å²) in [5.41, 5.74) is 2.22. The van der Waals surface area contributed by atoms with Crippen LogP contribution in [0.15, 0.2) is 47.2 Å². The van der Waals surface area contributed by atoms with Gasteiger partial charge in [0, 0.05) is 16.4 Å². The highest BCUT2D eigenvalue weighted by molar-refractivity contribution is 9.10. The monoisotopic (exact) mass is 273 g/mol. The number of benzene rings is 1. The van der Waals surface area contributed by atoms with E-state index < -0.39 is 0 Å². The van der Waals surface area contributed by atoms with Gasteiger partial charge in [0.15, 0.2) is 0 Å². The molecule has 0 aliphatic rings. The Balaban J connectivity index is 2.27. The zero-order chi connectivity index (χ0) is 11.4. The van der Waals surface area contributed by atoms with Crippen LogP contribution in [0.1, 0.15) is 5.56 Å². The van der Waals surface area contributed by atoms with E-state index in [0.29, 0.717) is 11.3 Å². The average molecular weight is 274 g/mol. The van der Waals surface area contributed by atoms with Gasteiger partial charge in [-0.15, -0.1) is 0 Å². The van der Waals surface area contributed by atoms with E-state index in [0.717, 1.165) is 10.2 Å². The van der Waals surface area contributed by atoms with Crippen LogP contribution in [0.3, 0.4) is 0 Å². The molecule has 1 aromatic heterocycles. The number of nitriles is 1. The maximum absolute atomic E-state index is 8.92. The number of pyridine rings is 1. The first-order valence-electron chi connectivity index (χ1n) is 4.66. The van der Waals surface area contributed by atoms with Gasteiger partial charge in [-0.2, -0.15) is 5.26 Å². The predicted octanol–water partition coefficient (Wildman–Crippen LogP) is 3.46. The number of nitrogens with one attached hydrogen (secondary N) is 1. The quantitative estimate of drug-likeness (QED) is 0.912. The van der Waals surface area contributed by atoms with Crippen molar-refractivity contribution in [2.75, 3.05) is 5.32 Å². The van der Waals surface area contributed by atoms with Crippen molar-refractivity contribution >= 4 is 27.3 Å². The molecule has 0 amide bonds. The Hall–Kier alpha value is -1.86. The second kappa shape index (κ2) is 4.77. The van der Waals surface area contributed by atoms with Crippen molar-refractivity contribution in [1.29, 1.82) is 5.26 Å². The van der Waals surface area contributed by atoms with Crippen LogP contribution in [0.4, 0.5) is 11.4 Å². The minimum Gasteiger partial charge on any atom is -0.353 e. The van der Waals surface area contributed by atoms with E-state index in [1.807, 2.05) is 24.3 Å². The summed E-state index contributed by atoms with van der Waals surface area (Å²) in [6.45, 7) is 0. The maximum Gasteiger partial charge on any atom is 0.101 e. The first kappa shape index (κ1) is 10.7. The molecule has 0 saturated carbocycles. The van der Waals surface area contributed by atoms with Gasteiger partial charge in [0.25, 0.3) is 0 Å². The normalized spacial score (nSPS) is 9.50. The Morgan fingerprint density at radius 3 is 2.62 bits per heavy atom. The fourth-order valence-electron chi connectivity index (χ4n) is 1.28. The fourth-order valence-corrected chi connectivity index (χ4v) is 1.54. The van der Waals surface area contributed by atoms with Crippen LogP contribution < -0.4 is 5.32 Å². The van der Waals surface area contributed by atoms with Crippen LogP contribution in [0.2, 0.25) is 0 Å². The first-order valence-corrected chi connectivity index (χ1v) is 5.45. The summed E-state index contributed by atoms with van der Waals surface area (Å²) in [5, 5.41) is 12.1. The summed E-state index contributed by atoms with van der Waals surface area (Å²) in [7, 11) is 0. The van der Waals surface area contributed by atoms with Crippen molar-refractivity contribution < 1.29 is 0 Å². The van der Waals surface area contributed by atoms with Gasteiger partial charge in [0.2, 0.25) is 0 Å². The molecule has 1 aromatic carbocycles. The molecule has 0 aliphatic carbocycles. The van der Waals surface area contributed by atoms with Gasteiger partial charge in [-0.05, 0) is 30.3 Å². The highest BCUT2D eigenvalue weighted by Gasteiger charge is 2.01. The van der Waals surface area contributed by atoms with Crippen molar-refractivity contribution in [3.05, 3.63) is 52.8 Å². The molecule has 1 N–H and O–H groups in total. The number of rotatable bonds is 2.